The normalized spacial score (nSPS) is 15.3. The fourth-order valence-corrected chi connectivity index (χ4v) is 3.31. The third-order valence-corrected chi connectivity index (χ3v) is 4.85. The molecule has 0 spiro atoms. The van der Waals surface area contributed by atoms with Gasteiger partial charge in [-0.05, 0) is 19.3 Å². The van der Waals surface area contributed by atoms with E-state index in [0.29, 0.717) is 0 Å². The van der Waals surface area contributed by atoms with E-state index in [-0.39, 0.29) is 17.4 Å². The van der Waals surface area contributed by atoms with Crippen LogP contribution in [-0.4, -0.2) is 22.3 Å². The Morgan fingerprint density at radius 1 is 0.810 bits per heavy atom. The van der Waals surface area contributed by atoms with Crippen LogP contribution < -0.4 is 0 Å². The molecule has 0 atom stereocenters. The highest BCUT2D eigenvalue weighted by atomic mass is 16.2. The minimum atomic E-state index is -0.277. The van der Waals surface area contributed by atoms with Crippen LogP contribution in [0.15, 0.2) is 12.2 Å². The molecule has 120 valence electrons. The lowest BCUT2D eigenvalue weighted by molar-refractivity contribution is -0.145. The Morgan fingerprint density at radius 3 is 1.76 bits per heavy atom. The molecule has 0 aromatic carbocycles. The molecule has 0 bridgehead atoms. The van der Waals surface area contributed by atoms with Crippen LogP contribution in [0.2, 0.25) is 0 Å². The van der Waals surface area contributed by atoms with E-state index >= 15 is 0 Å². The van der Waals surface area contributed by atoms with Crippen molar-refractivity contribution >= 4 is 11.8 Å². The van der Waals surface area contributed by atoms with Crippen LogP contribution in [0.1, 0.15) is 85.0 Å². The Morgan fingerprint density at radius 2 is 1.29 bits per heavy atom. The highest BCUT2D eigenvalue weighted by molar-refractivity contribution is 6.13. The summed E-state index contributed by atoms with van der Waals surface area (Å²) in [5.41, 5.74) is -0.277. The summed E-state index contributed by atoms with van der Waals surface area (Å²) in [7, 11) is 0. The molecule has 0 saturated heterocycles. The molecule has 0 radical (unpaired) electrons. The van der Waals surface area contributed by atoms with Gasteiger partial charge in [0, 0.05) is 12.2 Å². The molecule has 0 saturated carbocycles. The number of nitrogens with zero attached hydrogens (tertiary/aromatic N) is 1. The number of unbranched alkanes of at least 4 members (excludes halogenated alkanes) is 6. The van der Waals surface area contributed by atoms with Crippen molar-refractivity contribution in [1.29, 1.82) is 0 Å². The third kappa shape index (κ3) is 4.69. The van der Waals surface area contributed by atoms with Crippen LogP contribution in [0.25, 0.3) is 0 Å². The molecule has 21 heavy (non-hydrogen) atoms. The van der Waals surface area contributed by atoms with E-state index < -0.39 is 0 Å². The van der Waals surface area contributed by atoms with E-state index in [1.807, 2.05) is 0 Å². The molecule has 1 heterocycles. The Labute approximate surface area is 129 Å². The molecule has 0 aromatic rings. The standard InChI is InChI=1S/C18H31NO2/c1-4-7-8-9-10-11-12-15-18(5-2,6-3)19-16(20)13-14-17(19)21/h13-14H,4-12,15H2,1-3H3. The molecule has 2 amide bonds. The largest absolute Gasteiger partial charge is 0.269 e. The van der Waals surface area contributed by atoms with Crippen LogP contribution in [0.5, 0.6) is 0 Å². The van der Waals surface area contributed by atoms with Gasteiger partial charge in [-0.2, -0.15) is 0 Å². The van der Waals surface area contributed by atoms with Gasteiger partial charge < -0.3 is 0 Å². The van der Waals surface area contributed by atoms with Gasteiger partial charge in [0.15, 0.2) is 0 Å². The zero-order valence-electron chi connectivity index (χ0n) is 14.0. The number of imide groups is 1. The van der Waals surface area contributed by atoms with Crippen molar-refractivity contribution in [3.8, 4) is 0 Å². The van der Waals surface area contributed by atoms with E-state index in [1.165, 1.54) is 55.6 Å². The molecule has 0 aromatic heterocycles. The zero-order valence-corrected chi connectivity index (χ0v) is 14.0. The number of amides is 2. The second-order valence-corrected chi connectivity index (χ2v) is 6.15. The summed E-state index contributed by atoms with van der Waals surface area (Å²) in [5, 5.41) is 0. The smallest absolute Gasteiger partial charge is 0.254 e. The molecule has 0 unspecified atom stereocenters. The summed E-state index contributed by atoms with van der Waals surface area (Å²) in [6.07, 6.45) is 14.3. The first-order valence-corrected chi connectivity index (χ1v) is 8.67. The molecule has 1 rings (SSSR count). The molecule has 3 heteroatoms. The Bertz CT molecular complexity index is 351. The van der Waals surface area contributed by atoms with Gasteiger partial charge in [-0.3, -0.25) is 14.5 Å². The van der Waals surface area contributed by atoms with Crippen LogP contribution >= 0.6 is 0 Å². The van der Waals surface area contributed by atoms with Crippen molar-refractivity contribution in [2.75, 3.05) is 0 Å². The Balaban J connectivity index is 2.46. The van der Waals surface area contributed by atoms with E-state index in [0.717, 1.165) is 25.7 Å². The van der Waals surface area contributed by atoms with E-state index in [9.17, 15) is 9.59 Å². The van der Waals surface area contributed by atoms with Gasteiger partial charge in [0.1, 0.15) is 0 Å². The number of hydrogen-bond donors (Lipinski definition) is 0. The second-order valence-electron chi connectivity index (χ2n) is 6.15. The van der Waals surface area contributed by atoms with Gasteiger partial charge in [0.25, 0.3) is 11.8 Å². The summed E-state index contributed by atoms with van der Waals surface area (Å²) < 4.78 is 0. The summed E-state index contributed by atoms with van der Waals surface area (Å²) in [5.74, 6) is -0.265. The van der Waals surface area contributed by atoms with Gasteiger partial charge in [-0.15, -0.1) is 0 Å². The average Bonchev–Trinajstić information content (AvgIpc) is 2.83. The van der Waals surface area contributed by atoms with Crippen molar-refractivity contribution in [2.45, 2.75) is 90.5 Å². The summed E-state index contributed by atoms with van der Waals surface area (Å²) >= 11 is 0. The molecular formula is C18H31NO2. The van der Waals surface area contributed by atoms with Gasteiger partial charge in [0.2, 0.25) is 0 Å². The van der Waals surface area contributed by atoms with Crippen molar-refractivity contribution in [1.82, 2.24) is 4.90 Å². The maximum atomic E-state index is 12.0. The molecule has 0 N–H and O–H groups in total. The van der Waals surface area contributed by atoms with Crippen LogP contribution in [0, 0.1) is 0 Å². The first kappa shape index (κ1) is 17.9. The van der Waals surface area contributed by atoms with Crippen LogP contribution in [0.3, 0.4) is 0 Å². The highest BCUT2D eigenvalue weighted by Gasteiger charge is 2.41. The van der Waals surface area contributed by atoms with Crippen LogP contribution in [0.4, 0.5) is 0 Å². The lowest BCUT2D eigenvalue weighted by Gasteiger charge is -2.39. The summed E-state index contributed by atoms with van der Waals surface area (Å²) in [6.45, 7) is 6.40. The fourth-order valence-electron chi connectivity index (χ4n) is 3.31. The van der Waals surface area contributed by atoms with Gasteiger partial charge >= 0.3 is 0 Å². The maximum absolute atomic E-state index is 12.0. The van der Waals surface area contributed by atoms with E-state index in [1.54, 1.807) is 0 Å². The van der Waals surface area contributed by atoms with Crippen molar-refractivity contribution in [2.24, 2.45) is 0 Å². The SMILES string of the molecule is CCCCCCCCCC(CC)(CC)N1C(=O)C=CC1=O. The zero-order chi connectivity index (χ0) is 15.7. The molecule has 0 fully saturated rings. The summed E-state index contributed by atoms with van der Waals surface area (Å²) in [6, 6.07) is 0. The van der Waals surface area contributed by atoms with Crippen molar-refractivity contribution < 1.29 is 9.59 Å². The molecule has 1 aliphatic rings. The number of carbonyl (C=O) groups is 2. The Kier molecular flexibility index (Phi) is 7.69. The number of hydrogen-bond acceptors (Lipinski definition) is 2. The first-order chi connectivity index (χ1) is 10.1. The van der Waals surface area contributed by atoms with Crippen molar-refractivity contribution in [3.05, 3.63) is 12.2 Å². The maximum Gasteiger partial charge on any atom is 0.254 e. The van der Waals surface area contributed by atoms with Gasteiger partial charge in [-0.1, -0.05) is 65.7 Å². The highest BCUT2D eigenvalue weighted by Crippen LogP contribution is 2.32. The first-order valence-electron chi connectivity index (χ1n) is 8.67. The monoisotopic (exact) mass is 293 g/mol. The number of rotatable bonds is 11. The minimum absolute atomic E-state index is 0.133. The minimum Gasteiger partial charge on any atom is -0.269 e. The van der Waals surface area contributed by atoms with Gasteiger partial charge in [-0.25, -0.2) is 0 Å². The number of carbonyl (C=O) groups excluding carboxylic acids is 2. The van der Waals surface area contributed by atoms with Crippen LogP contribution in [-0.2, 0) is 9.59 Å². The van der Waals surface area contributed by atoms with E-state index in [4.69, 9.17) is 0 Å². The topological polar surface area (TPSA) is 37.4 Å². The quantitative estimate of drug-likeness (QED) is 0.412. The fraction of sp³-hybridized carbons (Fsp3) is 0.778. The molecule has 1 aliphatic heterocycles. The van der Waals surface area contributed by atoms with E-state index in [2.05, 4.69) is 20.8 Å². The molecular weight excluding hydrogens is 262 g/mol. The molecule has 3 nitrogen and oxygen atoms in total. The lowest BCUT2D eigenvalue weighted by Crippen LogP contribution is -2.51. The Hall–Kier alpha value is -1.12. The van der Waals surface area contributed by atoms with Crippen molar-refractivity contribution in [3.63, 3.8) is 0 Å². The predicted molar refractivity (Wildman–Crippen MR) is 86.9 cm³/mol. The predicted octanol–water partition coefficient (Wildman–Crippen LogP) is 4.61. The molecule has 0 aliphatic carbocycles. The second kappa shape index (κ2) is 9.01. The summed E-state index contributed by atoms with van der Waals surface area (Å²) in [4.78, 5) is 25.5. The average molecular weight is 293 g/mol. The third-order valence-electron chi connectivity index (χ3n) is 4.85. The lowest BCUT2D eigenvalue weighted by atomic mass is 9.84. The van der Waals surface area contributed by atoms with Gasteiger partial charge in [0.05, 0.1) is 5.54 Å².